The molecule has 20 heavy (non-hydrogen) atoms. The minimum absolute atomic E-state index is 0.0676. The van der Waals surface area contributed by atoms with E-state index in [0.29, 0.717) is 11.3 Å². The van der Waals surface area contributed by atoms with Gasteiger partial charge in [0, 0.05) is 31.9 Å². The fourth-order valence-corrected chi connectivity index (χ4v) is 2.08. The lowest BCUT2D eigenvalue weighted by Gasteiger charge is -2.13. The quantitative estimate of drug-likeness (QED) is 0.714. The van der Waals surface area contributed by atoms with E-state index < -0.39 is 0 Å². The number of fused-ring (bicyclic) bond motifs is 1. The van der Waals surface area contributed by atoms with Crippen LogP contribution in [0.3, 0.4) is 0 Å². The van der Waals surface area contributed by atoms with E-state index in [0.717, 1.165) is 10.9 Å². The number of amides is 1. The Bertz CT molecular complexity index is 743. The first kappa shape index (κ1) is 12.3. The normalized spacial score (nSPS) is 10.7. The average molecular weight is 266 g/mol. The fourth-order valence-electron chi connectivity index (χ4n) is 2.08. The van der Waals surface area contributed by atoms with Gasteiger partial charge in [0.1, 0.15) is 0 Å². The fraction of sp³-hybridized carbons (Fsp3) is 0.133. The molecule has 3 rings (SSSR count). The molecule has 3 aromatic rings. The number of carbonyl (C=O) groups is 1. The highest BCUT2D eigenvalue weighted by atomic mass is 16.2. The zero-order valence-corrected chi connectivity index (χ0v) is 11.3. The van der Waals surface area contributed by atoms with Crippen molar-refractivity contribution < 1.29 is 4.79 Å². The second-order valence-electron chi connectivity index (χ2n) is 4.72. The molecular weight excluding hydrogens is 252 g/mol. The molecule has 2 heterocycles. The highest BCUT2D eigenvalue weighted by molar-refractivity contribution is 5.97. The van der Waals surface area contributed by atoms with E-state index >= 15 is 0 Å². The average Bonchev–Trinajstić information content (AvgIpc) is 2.90. The molecule has 0 bridgehead atoms. The highest BCUT2D eigenvalue weighted by Crippen LogP contribution is 2.18. The predicted molar refractivity (Wildman–Crippen MR) is 76.9 cm³/mol. The van der Waals surface area contributed by atoms with E-state index in [1.54, 1.807) is 42.1 Å². The summed E-state index contributed by atoms with van der Waals surface area (Å²) < 4.78 is 1.70. The number of hydrogen-bond donors (Lipinski definition) is 0. The van der Waals surface area contributed by atoms with E-state index in [1.807, 2.05) is 30.5 Å². The lowest BCUT2D eigenvalue weighted by Crippen LogP contribution is -2.23. The molecule has 0 aliphatic rings. The Hall–Kier alpha value is -2.69. The van der Waals surface area contributed by atoms with Crippen molar-refractivity contribution in [2.24, 2.45) is 0 Å². The molecule has 0 saturated carbocycles. The molecule has 1 amide bonds. The summed E-state index contributed by atoms with van der Waals surface area (Å²) in [5.41, 5.74) is 2.15. The van der Waals surface area contributed by atoms with Gasteiger partial charge in [0.25, 0.3) is 5.91 Å². The van der Waals surface area contributed by atoms with E-state index in [9.17, 15) is 4.79 Å². The van der Waals surface area contributed by atoms with Crippen LogP contribution < -0.4 is 0 Å². The van der Waals surface area contributed by atoms with Crippen LogP contribution in [-0.2, 0) is 0 Å². The van der Waals surface area contributed by atoms with Gasteiger partial charge >= 0.3 is 0 Å². The highest BCUT2D eigenvalue weighted by Gasteiger charge is 2.15. The Labute approximate surface area is 116 Å². The van der Waals surface area contributed by atoms with E-state index in [1.165, 1.54) is 0 Å². The molecule has 0 saturated heterocycles. The maximum atomic E-state index is 12.2. The Balaban J connectivity index is 2.16. The van der Waals surface area contributed by atoms with Crippen LogP contribution in [0.15, 0.2) is 48.9 Å². The van der Waals surface area contributed by atoms with Crippen molar-refractivity contribution in [3.63, 3.8) is 0 Å². The van der Waals surface area contributed by atoms with Crippen LogP contribution in [0, 0.1) is 0 Å². The van der Waals surface area contributed by atoms with E-state index in [4.69, 9.17) is 0 Å². The summed E-state index contributed by atoms with van der Waals surface area (Å²) in [5, 5.41) is 5.52. The van der Waals surface area contributed by atoms with Gasteiger partial charge in [0.15, 0.2) is 0 Å². The van der Waals surface area contributed by atoms with Gasteiger partial charge in [-0.15, -0.1) is 0 Å². The van der Waals surface area contributed by atoms with Crippen LogP contribution in [0.2, 0.25) is 0 Å². The molecule has 0 aliphatic carbocycles. The van der Waals surface area contributed by atoms with Crippen molar-refractivity contribution in [2.45, 2.75) is 0 Å². The number of benzene rings is 1. The van der Waals surface area contributed by atoms with Crippen molar-refractivity contribution in [1.82, 2.24) is 19.7 Å². The lowest BCUT2D eigenvalue weighted by molar-refractivity contribution is 0.0827. The minimum atomic E-state index is -0.0676. The minimum Gasteiger partial charge on any atom is -0.345 e. The first-order chi connectivity index (χ1) is 9.66. The second-order valence-corrected chi connectivity index (χ2v) is 4.72. The summed E-state index contributed by atoms with van der Waals surface area (Å²) in [4.78, 5) is 17.9. The molecule has 2 aromatic heterocycles. The number of pyridine rings is 1. The van der Waals surface area contributed by atoms with Gasteiger partial charge < -0.3 is 4.90 Å². The third-order valence-electron chi connectivity index (χ3n) is 3.10. The van der Waals surface area contributed by atoms with Gasteiger partial charge in [-0.3, -0.25) is 9.78 Å². The monoisotopic (exact) mass is 266 g/mol. The summed E-state index contributed by atoms with van der Waals surface area (Å²) in [5.74, 6) is -0.0676. The first-order valence-electron chi connectivity index (χ1n) is 6.27. The third kappa shape index (κ3) is 2.03. The maximum Gasteiger partial charge on any atom is 0.255 e. The largest absolute Gasteiger partial charge is 0.345 e. The van der Waals surface area contributed by atoms with Gasteiger partial charge in [-0.2, -0.15) is 5.10 Å². The SMILES string of the molecule is CN(C)C(=O)c1ccncc1-n1cc2ccccc2n1. The Kier molecular flexibility index (Phi) is 2.95. The molecule has 100 valence electrons. The number of aromatic nitrogens is 3. The molecule has 0 atom stereocenters. The van der Waals surface area contributed by atoms with Gasteiger partial charge in [0.05, 0.1) is 23.0 Å². The summed E-state index contributed by atoms with van der Waals surface area (Å²) in [7, 11) is 3.46. The van der Waals surface area contributed by atoms with Crippen molar-refractivity contribution in [3.8, 4) is 5.69 Å². The molecule has 0 spiro atoms. The van der Waals surface area contributed by atoms with Crippen molar-refractivity contribution in [3.05, 3.63) is 54.5 Å². The summed E-state index contributed by atoms with van der Waals surface area (Å²) in [6.07, 6.45) is 5.17. The van der Waals surface area contributed by atoms with Crippen LogP contribution in [0.1, 0.15) is 10.4 Å². The van der Waals surface area contributed by atoms with Gasteiger partial charge in [-0.05, 0) is 12.1 Å². The summed E-state index contributed by atoms with van der Waals surface area (Å²) in [6.45, 7) is 0. The third-order valence-corrected chi connectivity index (χ3v) is 3.10. The second kappa shape index (κ2) is 4.77. The van der Waals surface area contributed by atoms with Crippen LogP contribution in [0.4, 0.5) is 0 Å². The molecule has 0 radical (unpaired) electrons. The molecule has 0 fully saturated rings. The van der Waals surface area contributed by atoms with Gasteiger partial charge in [-0.1, -0.05) is 18.2 Å². The zero-order valence-electron chi connectivity index (χ0n) is 11.3. The number of rotatable bonds is 2. The number of hydrogen-bond acceptors (Lipinski definition) is 3. The summed E-state index contributed by atoms with van der Waals surface area (Å²) >= 11 is 0. The van der Waals surface area contributed by atoms with Crippen LogP contribution in [0.5, 0.6) is 0 Å². The Morgan fingerprint density at radius 2 is 2.00 bits per heavy atom. The van der Waals surface area contributed by atoms with Crippen LogP contribution >= 0.6 is 0 Å². The lowest BCUT2D eigenvalue weighted by atomic mass is 10.2. The molecule has 0 aliphatic heterocycles. The molecule has 5 nitrogen and oxygen atoms in total. The Morgan fingerprint density at radius 1 is 1.20 bits per heavy atom. The smallest absolute Gasteiger partial charge is 0.255 e. The number of nitrogens with zero attached hydrogens (tertiary/aromatic N) is 4. The summed E-state index contributed by atoms with van der Waals surface area (Å²) in [6, 6.07) is 9.54. The van der Waals surface area contributed by atoms with E-state index in [-0.39, 0.29) is 5.91 Å². The maximum absolute atomic E-state index is 12.2. The molecule has 0 unspecified atom stereocenters. The van der Waals surface area contributed by atoms with Crippen LogP contribution in [0.25, 0.3) is 16.6 Å². The van der Waals surface area contributed by atoms with Gasteiger partial charge in [0.2, 0.25) is 0 Å². The van der Waals surface area contributed by atoms with Crippen molar-refractivity contribution >= 4 is 16.8 Å². The predicted octanol–water partition coefficient (Wildman–Crippen LogP) is 2.12. The van der Waals surface area contributed by atoms with Crippen LogP contribution in [-0.4, -0.2) is 39.7 Å². The van der Waals surface area contributed by atoms with Crippen molar-refractivity contribution in [2.75, 3.05) is 14.1 Å². The molecule has 0 N–H and O–H groups in total. The topological polar surface area (TPSA) is 51.0 Å². The van der Waals surface area contributed by atoms with Gasteiger partial charge in [-0.25, -0.2) is 4.68 Å². The van der Waals surface area contributed by atoms with E-state index in [2.05, 4.69) is 10.1 Å². The molecule has 5 heteroatoms. The molecular formula is C15H14N4O. The first-order valence-corrected chi connectivity index (χ1v) is 6.27. The standard InChI is InChI=1S/C15H14N4O/c1-18(2)15(20)12-7-8-16-9-14(12)19-10-11-5-3-4-6-13(11)17-19/h3-10H,1-2H3. The zero-order chi connectivity index (χ0) is 14.1. The molecule has 1 aromatic carbocycles. The number of carbonyl (C=O) groups excluding carboxylic acids is 1. The van der Waals surface area contributed by atoms with Crippen molar-refractivity contribution in [1.29, 1.82) is 0 Å². The Morgan fingerprint density at radius 3 is 2.75 bits per heavy atom.